The summed E-state index contributed by atoms with van der Waals surface area (Å²) < 4.78 is 10.6. The molecule has 3 N–H and O–H groups in total. The van der Waals surface area contributed by atoms with E-state index in [1.54, 1.807) is 7.11 Å². The largest absolute Gasteiger partial charge is 0.497 e. The molecule has 0 radical (unpaired) electrons. The third kappa shape index (κ3) is 7.86. The van der Waals surface area contributed by atoms with E-state index in [1.807, 2.05) is 24.3 Å². The van der Waals surface area contributed by atoms with E-state index in [2.05, 4.69) is 5.32 Å². The number of halogens is 1. The number of nitrogens with two attached hydrogens (primary N) is 1. The van der Waals surface area contributed by atoms with E-state index < -0.39 is 0 Å². The minimum atomic E-state index is 0. The highest BCUT2D eigenvalue weighted by molar-refractivity contribution is 5.85. The van der Waals surface area contributed by atoms with Crippen molar-refractivity contribution in [2.75, 3.05) is 26.8 Å². The molecule has 6 heteroatoms. The molecular weight excluding hydrogens is 280 g/mol. The lowest BCUT2D eigenvalue weighted by Gasteiger charge is -2.08. The van der Waals surface area contributed by atoms with Crippen LogP contribution >= 0.6 is 12.4 Å². The molecule has 0 aromatic heterocycles. The lowest BCUT2D eigenvalue weighted by molar-refractivity contribution is -0.121. The molecular formula is C14H23ClN2O3. The topological polar surface area (TPSA) is 73.6 Å². The van der Waals surface area contributed by atoms with Crippen LogP contribution in [-0.4, -0.2) is 32.7 Å². The van der Waals surface area contributed by atoms with Gasteiger partial charge in [0.15, 0.2) is 0 Å². The Morgan fingerprint density at radius 2 is 1.85 bits per heavy atom. The zero-order valence-corrected chi connectivity index (χ0v) is 12.6. The molecule has 0 fully saturated rings. The van der Waals surface area contributed by atoms with E-state index in [1.165, 1.54) is 0 Å². The lowest BCUT2D eigenvalue weighted by atomic mass is 10.3. The number of methoxy groups -OCH3 is 1. The van der Waals surface area contributed by atoms with Crippen LogP contribution in [0.1, 0.15) is 19.3 Å². The fraction of sp³-hybridized carbons (Fsp3) is 0.500. The number of hydrogen-bond donors (Lipinski definition) is 2. The number of hydrogen-bond acceptors (Lipinski definition) is 4. The fourth-order valence-corrected chi connectivity index (χ4v) is 1.51. The number of nitrogens with one attached hydrogen (secondary N) is 1. The van der Waals surface area contributed by atoms with E-state index >= 15 is 0 Å². The molecule has 1 amide bonds. The first-order valence-electron chi connectivity index (χ1n) is 6.50. The third-order valence-electron chi connectivity index (χ3n) is 2.58. The van der Waals surface area contributed by atoms with Crippen LogP contribution in [0.25, 0.3) is 0 Å². The molecule has 0 aliphatic carbocycles. The van der Waals surface area contributed by atoms with E-state index in [0.29, 0.717) is 26.1 Å². The molecule has 0 heterocycles. The van der Waals surface area contributed by atoms with Crippen LogP contribution in [0.15, 0.2) is 24.3 Å². The molecule has 0 spiro atoms. The normalized spacial score (nSPS) is 9.50. The van der Waals surface area contributed by atoms with Crippen LogP contribution in [-0.2, 0) is 4.79 Å². The van der Waals surface area contributed by atoms with Gasteiger partial charge in [-0.3, -0.25) is 4.79 Å². The lowest BCUT2D eigenvalue weighted by Crippen LogP contribution is -2.25. The van der Waals surface area contributed by atoms with Gasteiger partial charge in [0.25, 0.3) is 0 Å². The number of amides is 1. The van der Waals surface area contributed by atoms with Crippen molar-refractivity contribution in [2.24, 2.45) is 5.73 Å². The maximum absolute atomic E-state index is 11.3. The maximum atomic E-state index is 11.3. The van der Waals surface area contributed by atoms with Crippen molar-refractivity contribution in [3.8, 4) is 11.5 Å². The quantitative estimate of drug-likeness (QED) is 0.682. The van der Waals surface area contributed by atoms with Crippen LogP contribution in [0.5, 0.6) is 11.5 Å². The Balaban J connectivity index is 0.00000361. The Labute approximate surface area is 126 Å². The molecule has 114 valence electrons. The van der Waals surface area contributed by atoms with Crippen molar-refractivity contribution in [3.05, 3.63) is 24.3 Å². The number of ether oxygens (including phenoxy) is 2. The molecule has 0 aliphatic heterocycles. The Bertz CT molecular complexity index is 371. The van der Waals surface area contributed by atoms with Gasteiger partial charge in [0.05, 0.1) is 13.7 Å². The molecule has 1 aromatic carbocycles. The average Bonchev–Trinajstić information content (AvgIpc) is 2.45. The van der Waals surface area contributed by atoms with Gasteiger partial charge in [-0.2, -0.15) is 0 Å². The van der Waals surface area contributed by atoms with Crippen molar-refractivity contribution >= 4 is 18.3 Å². The smallest absolute Gasteiger partial charge is 0.220 e. The Morgan fingerprint density at radius 1 is 1.20 bits per heavy atom. The molecule has 1 aromatic rings. The van der Waals surface area contributed by atoms with Gasteiger partial charge in [0, 0.05) is 13.0 Å². The van der Waals surface area contributed by atoms with Gasteiger partial charge in [-0.25, -0.2) is 0 Å². The van der Waals surface area contributed by atoms with Gasteiger partial charge in [-0.05, 0) is 43.7 Å². The monoisotopic (exact) mass is 302 g/mol. The Kier molecular flexibility index (Phi) is 10.5. The van der Waals surface area contributed by atoms with Gasteiger partial charge < -0.3 is 20.5 Å². The third-order valence-corrected chi connectivity index (χ3v) is 2.58. The molecule has 1 rings (SSSR count). The van der Waals surface area contributed by atoms with Crippen molar-refractivity contribution in [1.82, 2.24) is 5.32 Å². The molecule has 0 saturated heterocycles. The Hall–Kier alpha value is -1.46. The molecule has 20 heavy (non-hydrogen) atoms. The van der Waals surface area contributed by atoms with E-state index in [4.69, 9.17) is 15.2 Å². The first-order chi connectivity index (χ1) is 9.26. The summed E-state index contributed by atoms with van der Waals surface area (Å²) in [5.74, 6) is 1.66. The number of carbonyl (C=O) groups excluding carboxylic acids is 1. The van der Waals surface area contributed by atoms with Gasteiger partial charge in [-0.1, -0.05) is 0 Å². The summed E-state index contributed by atoms with van der Waals surface area (Å²) in [6.07, 6.45) is 2.00. The van der Waals surface area contributed by atoms with Gasteiger partial charge in [0.1, 0.15) is 11.5 Å². The van der Waals surface area contributed by atoms with E-state index in [0.717, 1.165) is 24.3 Å². The van der Waals surface area contributed by atoms with E-state index in [-0.39, 0.29) is 18.3 Å². The van der Waals surface area contributed by atoms with Crippen molar-refractivity contribution in [3.63, 3.8) is 0 Å². The van der Waals surface area contributed by atoms with Crippen molar-refractivity contribution < 1.29 is 14.3 Å². The summed E-state index contributed by atoms with van der Waals surface area (Å²) in [7, 11) is 1.63. The zero-order valence-electron chi connectivity index (χ0n) is 11.8. The second-order valence-electron chi connectivity index (χ2n) is 4.12. The standard InChI is InChI=1S/C14H22N2O3.ClH/c1-18-12-5-7-13(8-6-12)19-11-3-10-16-14(17)4-2-9-15;/h5-8H,2-4,9-11,15H2,1H3,(H,16,17);1H. The van der Waals surface area contributed by atoms with Crippen LogP contribution in [0.4, 0.5) is 0 Å². The van der Waals surface area contributed by atoms with Crippen LogP contribution in [0, 0.1) is 0 Å². The predicted molar refractivity (Wildman–Crippen MR) is 81.7 cm³/mol. The van der Waals surface area contributed by atoms with Crippen molar-refractivity contribution in [1.29, 1.82) is 0 Å². The summed E-state index contributed by atoms with van der Waals surface area (Å²) in [6.45, 7) is 1.75. The molecule has 0 bridgehead atoms. The first-order valence-corrected chi connectivity index (χ1v) is 6.50. The van der Waals surface area contributed by atoms with E-state index in [9.17, 15) is 4.79 Å². The zero-order chi connectivity index (χ0) is 13.9. The highest BCUT2D eigenvalue weighted by Crippen LogP contribution is 2.16. The second kappa shape index (κ2) is 11.4. The SMILES string of the molecule is COc1ccc(OCCCNC(=O)CCCN)cc1.Cl. The van der Waals surface area contributed by atoms with Crippen LogP contribution in [0.3, 0.4) is 0 Å². The highest BCUT2D eigenvalue weighted by Gasteiger charge is 1.99. The molecule has 0 unspecified atom stereocenters. The predicted octanol–water partition coefficient (Wildman–Crippen LogP) is 1.74. The molecule has 0 atom stereocenters. The van der Waals surface area contributed by atoms with Gasteiger partial charge in [-0.15, -0.1) is 12.4 Å². The fourth-order valence-electron chi connectivity index (χ4n) is 1.51. The number of benzene rings is 1. The maximum Gasteiger partial charge on any atom is 0.220 e. The van der Waals surface area contributed by atoms with Crippen LogP contribution < -0.4 is 20.5 Å². The highest BCUT2D eigenvalue weighted by atomic mass is 35.5. The minimum Gasteiger partial charge on any atom is -0.497 e. The van der Waals surface area contributed by atoms with Gasteiger partial charge in [0.2, 0.25) is 5.91 Å². The molecule has 5 nitrogen and oxygen atoms in total. The molecule has 0 aliphatic rings. The summed E-state index contributed by atoms with van der Waals surface area (Å²) in [6, 6.07) is 7.42. The summed E-state index contributed by atoms with van der Waals surface area (Å²) in [5, 5.41) is 2.83. The first kappa shape index (κ1) is 18.5. The number of rotatable bonds is 9. The average molecular weight is 303 g/mol. The number of carbonyl (C=O) groups is 1. The summed E-state index contributed by atoms with van der Waals surface area (Å²) in [5.41, 5.74) is 5.33. The molecule has 0 saturated carbocycles. The Morgan fingerprint density at radius 3 is 2.45 bits per heavy atom. The second-order valence-corrected chi connectivity index (χ2v) is 4.12. The van der Waals surface area contributed by atoms with Crippen LogP contribution in [0.2, 0.25) is 0 Å². The summed E-state index contributed by atoms with van der Waals surface area (Å²) in [4.78, 5) is 11.3. The van der Waals surface area contributed by atoms with Gasteiger partial charge >= 0.3 is 0 Å². The minimum absolute atomic E-state index is 0. The summed E-state index contributed by atoms with van der Waals surface area (Å²) >= 11 is 0. The van der Waals surface area contributed by atoms with Crippen molar-refractivity contribution in [2.45, 2.75) is 19.3 Å².